The van der Waals surface area contributed by atoms with Crippen LogP contribution in [0.3, 0.4) is 0 Å². The van der Waals surface area contributed by atoms with E-state index < -0.39 is 0 Å². The third-order valence-electron chi connectivity index (χ3n) is 4.76. The number of aromatic nitrogens is 2. The quantitative estimate of drug-likeness (QED) is 0.901. The van der Waals surface area contributed by atoms with Gasteiger partial charge in [-0.3, -0.25) is 4.68 Å². The molecule has 1 unspecified atom stereocenters. The summed E-state index contributed by atoms with van der Waals surface area (Å²) in [7, 11) is 1.94. The van der Waals surface area contributed by atoms with Crippen molar-refractivity contribution in [1.29, 1.82) is 0 Å². The highest BCUT2D eigenvalue weighted by Crippen LogP contribution is 2.43. The van der Waals surface area contributed by atoms with Gasteiger partial charge in [0, 0.05) is 32.3 Å². The van der Waals surface area contributed by atoms with Crippen molar-refractivity contribution in [1.82, 2.24) is 9.78 Å². The van der Waals surface area contributed by atoms with Gasteiger partial charge >= 0.3 is 0 Å². The van der Waals surface area contributed by atoms with Gasteiger partial charge in [0.1, 0.15) is 0 Å². The van der Waals surface area contributed by atoms with Gasteiger partial charge in [0.2, 0.25) is 0 Å². The first-order valence-electron chi connectivity index (χ1n) is 7.75. The molecule has 1 atom stereocenters. The van der Waals surface area contributed by atoms with Gasteiger partial charge < -0.3 is 10.5 Å². The predicted molar refractivity (Wildman–Crippen MR) is 81.5 cm³/mol. The van der Waals surface area contributed by atoms with Crippen LogP contribution in [0.1, 0.15) is 52.1 Å². The van der Waals surface area contributed by atoms with Crippen molar-refractivity contribution in [3.05, 3.63) is 18.0 Å². The fourth-order valence-electron chi connectivity index (χ4n) is 3.24. The largest absolute Gasteiger partial charge is 0.374 e. The molecule has 0 aromatic carbocycles. The third kappa shape index (κ3) is 3.41. The van der Waals surface area contributed by atoms with Gasteiger partial charge in [-0.1, -0.05) is 13.8 Å². The van der Waals surface area contributed by atoms with E-state index in [1.165, 1.54) is 12.8 Å². The van der Waals surface area contributed by atoms with Crippen molar-refractivity contribution in [2.24, 2.45) is 18.2 Å². The summed E-state index contributed by atoms with van der Waals surface area (Å²) < 4.78 is 7.98. The van der Waals surface area contributed by atoms with Crippen molar-refractivity contribution < 1.29 is 4.74 Å². The highest BCUT2D eigenvalue weighted by atomic mass is 16.5. The van der Waals surface area contributed by atoms with Gasteiger partial charge in [0.05, 0.1) is 11.3 Å². The molecule has 0 radical (unpaired) electrons. The molecule has 1 aromatic rings. The van der Waals surface area contributed by atoms with Crippen LogP contribution in [0.25, 0.3) is 0 Å². The molecular formula is C16H29N3O. The molecule has 0 saturated heterocycles. The van der Waals surface area contributed by atoms with Crippen LogP contribution in [0.5, 0.6) is 0 Å². The minimum Gasteiger partial charge on any atom is -0.374 e. The van der Waals surface area contributed by atoms with Gasteiger partial charge in [-0.25, -0.2) is 0 Å². The summed E-state index contributed by atoms with van der Waals surface area (Å²) in [5, 5.41) is 4.45. The normalized spacial score (nSPS) is 22.6. The Labute approximate surface area is 122 Å². The Bertz CT molecular complexity index is 429. The standard InChI is InChI=1S/C16H29N3O/c1-5-20-16(9-7-15(2,3)8-10-16)14(17)12-13-6-11-19(4)18-13/h6,11,14H,5,7-10,12,17H2,1-4H3. The van der Waals surface area contributed by atoms with E-state index in [1.54, 1.807) is 0 Å². The molecule has 4 nitrogen and oxygen atoms in total. The number of ether oxygens (including phenoxy) is 1. The highest BCUT2D eigenvalue weighted by Gasteiger charge is 2.43. The minimum absolute atomic E-state index is 0.0217. The van der Waals surface area contributed by atoms with E-state index >= 15 is 0 Å². The van der Waals surface area contributed by atoms with Crippen molar-refractivity contribution in [2.45, 2.75) is 64.5 Å². The SMILES string of the molecule is CCOC1(C(N)Cc2ccn(C)n2)CCC(C)(C)CC1. The second-order valence-electron chi connectivity index (χ2n) is 6.95. The van der Waals surface area contributed by atoms with E-state index in [9.17, 15) is 0 Å². The average Bonchev–Trinajstić information content (AvgIpc) is 2.78. The zero-order valence-corrected chi connectivity index (χ0v) is 13.4. The van der Waals surface area contributed by atoms with Crippen molar-refractivity contribution in [2.75, 3.05) is 6.61 Å². The number of nitrogens with zero attached hydrogens (tertiary/aromatic N) is 2. The van der Waals surface area contributed by atoms with Crippen LogP contribution < -0.4 is 5.73 Å². The lowest BCUT2D eigenvalue weighted by Crippen LogP contribution is -2.54. The molecule has 0 aliphatic heterocycles. The van der Waals surface area contributed by atoms with E-state index in [2.05, 4.69) is 25.9 Å². The molecule has 20 heavy (non-hydrogen) atoms. The summed E-state index contributed by atoms with van der Waals surface area (Å²) in [4.78, 5) is 0. The topological polar surface area (TPSA) is 53.1 Å². The Kier molecular flexibility index (Phi) is 4.55. The van der Waals surface area contributed by atoms with E-state index in [0.717, 1.165) is 31.6 Å². The van der Waals surface area contributed by atoms with Crippen molar-refractivity contribution in [3.8, 4) is 0 Å². The molecule has 1 aliphatic carbocycles. The maximum Gasteiger partial charge on any atom is 0.0836 e. The Morgan fingerprint density at radius 2 is 2.00 bits per heavy atom. The summed E-state index contributed by atoms with van der Waals surface area (Å²) in [6.07, 6.45) is 7.25. The maximum absolute atomic E-state index is 6.53. The fourth-order valence-corrected chi connectivity index (χ4v) is 3.24. The number of aryl methyl sites for hydroxylation is 1. The lowest BCUT2D eigenvalue weighted by Gasteiger charge is -2.46. The van der Waals surface area contributed by atoms with Gasteiger partial charge in [0.15, 0.2) is 0 Å². The highest BCUT2D eigenvalue weighted by molar-refractivity contribution is 5.06. The minimum atomic E-state index is -0.165. The monoisotopic (exact) mass is 279 g/mol. The van der Waals surface area contributed by atoms with Crippen LogP contribution in [-0.2, 0) is 18.2 Å². The molecule has 2 rings (SSSR count). The first-order valence-corrected chi connectivity index (χ1v) is 7.75. The van der Waals surface area contributed by atoms with Crippen LogP contribution in [0, 0.1) is 5.41 Å². The Morgan fingerprint density at radius 3 is 2.50 bits per heavy atom. The van der Waals surface area contributed by atoms with Gasteiger partial charge in [-0.2, -0.15) is 5.10 Å². The average molecular weight is 279 g/mol. The number of nitrogens with two attached hydrogens (primary N) is 1. The number of hydrogen-bond acceptors (Lipinski definition) is 3. The third-order valence-corrected chi connectivity index (χ3v) is 4.76. The summed E-state index contributed by atoms with van der Waals surface area (Å²) in [6.45, 7) is 7.48. The summed E-state index contributed by atoms with van der Waals surface area (Å²) in [6, 6.07) is 2.07. The fraction of sp³-hybridized carbons (Fsp3) is 0.812. The predicted octanol–water partition coefficient (Wildman–Crippen LogP) is 2.67. The van der Waals surface area contributed by atoms with Crippen molar-refractivity contribution >= 4 is 0 Å². The maximum atomic E-state index is 6.53. The van der Waals surface area contributed by atoms with E-state index in [4.69, 9.17) is 10.5 Å². The molecule has 0 spiro atoms. The van der Waals surface area contributed by atoms with E-state index in [0.29, 0.717) is 5.41 Å². The first kappa shape index (κ1) is 15.5. The number of rotatable bonds is 5. The van der Waals surface area contributed by atoms with Gasteiger partial charge in [-0.15, -0.1) is 0 Å². The second-order valence-corrected chi connectivity index (χ2v) is 6.95. The zero-order chi connectivity index (χ0) is 14.8. The van der Waals surface area contributed by atoms with Crippen molar-refractivity contribution in [3.63, 3.8) is 0 Å². The van der Waals surface area contributed by atoms with Crippen LogP contribution in [0.4, 0.5) is 0 Å². The second kappa shape index (κ2) is 5.86. The summed E-state index contributed by atoms with van der Waals surface area (Å²) in [5.74, 6) is 0. The Balaban J connectivity index is 2.07. The smallest absolute Gasteiger partial charge is 0.0836 e. The molecule has 0 amide bonds. The molecule has 2 N–H and O–H groups in total. The molecule has 4 heteroatoms. The van der Waals surface area contributed by atoms with E-state index in [-0.39, 0.29) is 11.6 Å². The van der Waals surface area contributed by atoms with Crippen LogP contribution in [0.2, 0.25) is 0 Å². The zero-order valence-electron chi connectivity index (χ0n) is 13.4. The number of hydrogen-bond donors (Lipinski definition) is 1. The molecule has 1 fully saturated rings. The molecule has 1 heterocycles. The van der Waals surface area contributed by atoms with Crippen LogP contribution in [0.15, 0.2) is 12.3 Å². The Hall–Kier alpha value is -0.870. The first-order chi connectivity index (χ1) is 9.37. The summed E-state index contributed by atoms with van der Waals surface area (Å²) >= 11 is 0. The molecule has 1 aromatic heterocycles. The molecule has 114 valence electrons. The molecular weight excluding hydrogens is 250 g/mol. The molecule has 1 aliphatic rings. The molecule has 1 saturated carbocycles. The van der Waals surface area contributed by atoms with Gasteiger partial charge in [0.25, 0.3) is 0 Å². The lowest BCUT2D eigenvalue weighted by atomic mass is 9.68. The molecule has 0 bridgehead atoms. The van der Waals surface area contributed by atoms with Crippen LogP contribution >= 0.6 is 0 Å². The van der Waals surface area contributed by atoms with Crippen LogP contribution in [-0.4, -0.2) is 28.0 Å². The van der Waals surface area contributed by atoms with Gasteiger partial charge in [-0.05, 0) is 44.1 Å². The Morgan fingerprint density at radius 1 is 1.35 bits per heavy atom. The summed E-state index contributed by atoms with van der Waals surface area (Å²) in [5.41, 5.74) is 7.84. The van der Waals surface area contributed by atoms with E-state index in [1.807, 2.05) is 24.0 Å². The lowest BCUT2D eigenvalue weighted by molar-refractivity contribution is -0.0988.